The summed E-state index contributed by atoms with van der Waals surface area (Å²) in [5.74, 6) is -0.264. The fourth-order valence-electron chi connectivity index (χ4n) is 2.48. The van der Waals surface area contributed by atoms with Gasteiger partial charge < -0.3 is 15.8 Å². The molecule has 3 aromatic rings. The number of primary amides is 1. The van der Waals surface area contributed by atoms with E-state index in [1.165, 1.54) is 17.7 Å². The van der Waals surface area contributed by atoms with Crippen molar-refractivity contribution in [2.45, 2.75) is 26.9 Å². The van der Waals surface area contributed by atoms with Crippen LogP contribution in [0.1, 0.15) is 39.4 Å². The number of hydrogen-bond donors (Lipinski definition) is 2. The lowest BCUT2D eigenvalue weighted by Crippen LogP contribution is -2.11. The Morgan fingerprint density at radius 3 is 2.50 bits per heavy atom. The lowest BCUT2D eigenvalue weighted by Gasteiger charge is -2.08. The van der Waals surface area contributed by atoms with Gasteiger partial charge in [-0.05, 0) is 50.6 Å². The van der Waals surface area contributed by atoms with Crippen LogP contribution in [0.25, 0.3) is 10.2 Å². The van der Waals surface area contributed by atoms with Crippen molar-refractivity contribution in [3.05, 3.63) is 46.6 Å². The third-order valence-corrected chi connectivity index (χ3v) is 4.87. The predicted octanol–water partition coefficient (Wildman–Crippen LogP) is 3.41. The number of fused-ring (bicyclic) bond motifs is 1. The number of rotatable bonds is 5. The summed E-state index contributed by atoms with van der Waals surface area (Å²) in [6.45, 7) is 5.46. The Morgan fingerprint density at radius 1 is 1.19 bits per heavy atom. The average Bonchev–Trinajstić information content (AvgIpc) is 2.93. The highest BCUT2D eigenvalue weighted by atomic mass is 32.1. The summed E-state index contributed by atoms with van der Waals surface area (Å²) in [6, 6.07) is 6.75. The second kappa shape index (κ2) is 7.09. The number of hydrogen-bond acceptors (Lipinski definition) is 7. The van der Waals surface area contributed by atoms with Crippen LogP contribution in [0.2, 0.25) is 0 Å². The van der Waals surface area contributed by atoms with Gasteiger partial charge >= 0.3 is 5.97 Å². The van der Waals surface area contributed by atoms with Crippen molar-refractivity contribution < 1.29 is 14.3 Å². The molecule has 0 fully saturated rings. The van der Waals surface area contributed by atoms with Crippen LogP contribution >= 0.6 is 11.3 Å². The van der Waals surface area contributed by atoms with E-state index in [1.54, 1.807) is 24.3 Å². The molecular formula is C18H18N4O3S. The number of amides is 1. The number of carbonyl (C=O) groups excluding carboxylic acids is 2. The standard InChI is InChI=1S/C18H18N4O3S/c1-9(2)25-18(24)14-10(3)13-16(20-8-21-17(13)26-14)22-12-6-4-11(5-7-12)15(19)23/h4-9H,1-3H3,(H2,19,23)(H,20,21,22). The van der Waals surface area contributed by atoms with Crippen LogP contribution < -0.4 is 11.1 Å². The molecule has 1 aromatic carbocycles. The van der Waals surface area contributed by atoms with Crippen molar-refractivity contribution in [2.24, 2.45) is 5.73 Å². The first-order chi connectivity index (χ1) is 12.4. The summed E-state index contributed by atoms with van der Waals surface area (Å²) in [4.78, 5) is 33.2. The topological polar surface area (TPSA) is 107 Å². The summed E-state index contributed by atoms with van der Waals surface area (Å²) in [6.07, 6.45) is 1.25. The zero-order chi connectivity index (χ0) is 18.8. The highest BCUT2D eigenvalue weighted by Crippen LogP contribution is 2.35. The number of carbonyl (C=O) groups is 2. The fraction of sp³-hybridized carbons (Fsp3) is 0.222. The molecule has 0 aliphatic rings. The summed E-state index contributed by atoms with van der Waals surface area (Å²) in [5, 5.41) is 3.97. The van der Waals surface area contributed by atoms with Crippen molar-refractivity contribution in [3.63, 3.8) is 0 Å². The minimum Gasteiger partial charge on any atom is -0.459 e. The van der Waals surface area contributed by atoms with Crippen molar-refractivity contribution >= 4 is 44.9 Å². The van der Waals surface area contributed by atoms with Crippen LogP contribution in [0.3, 0.4) is 0 Å². The molecule has 134 valence electrons. The Balaban J connectivity index is 1.97. The molecule has 2 aromatic heterocycles. The van der Waals surface area contributed by atoms with Gasteiger partial charge in [-0.15, -0.1) is 11.3 Å². The van der Waals surface area contributed by atoms with Gasteiger partial charge in [-0.1, -0.05) is 0 Å². The van der Waals surface area contributed by atoms with Gasteiger partial charge in [0.2, 0.25) is 5.91 Å². The minimum absolute atomic E-state index is 0.195. The first-order valence-electron chi connectivity index (χ1n) is 7.98. The molecule has 0 saturated heterocycles. The smallest absolute Gasteiger partial charge is 0.348 e. The van der Waals surface area contributed by atoms with Crippen LogP contribution in [0, 0.1) is 6.92 Å². The quantitative estimate of drug-likeness (QED) is 0.667. The van der Waals surface area contributed by atoms with E-state index >= 15 is 0 Å². The van der Waals surface area contributed by atoms with Crippen molar-refractivity contribution in [2.75, 3.05) is 5.32 Å². The third kappa shape index (κ3) is 3.50. The van der Waals surface area contributed by atoms with Crippen LogP contribution in [0.15, 0.2) is 30.6 Å². The van der Waals surface area contributed by atoms with E-state index in [0.29, 0.717) is 21.1 Å². The summed E-state index contributed by atoms with van der Waals surface area (Å²) < 4.78 is 5.30. The Bertz CT molecular complexity index is 980. The average molecular weight is 370 g/mol. The van der Waals surface area contributed by atoms with E-state index in [2.05, 4.69) is 15.3 Å². The normalized spacial score (nSPS) is 10.9. The minimum atomic E-state index is -0.483. The number of nitrogens with zero attached hydrogens (tertiary/aromatic N) is 2. The monoisotopic (exact) mass is 370 g/mol. The number of nitrogens with two attached hydrogens (primary N) is 1. The zero-order valence-electron chi connectivity index (χ0n) is 14.6. The van der Waals surface area contributed by atoms with Crippen molar-refractivity contribution in [1.29, 1.82) is 0 Å². The maximum atomic E-state index is 12.3. The van der Waals surface area contributed by atoms with Gasteiger partial charge in [0.15, 0.2) is 0 Å². The molecule has 2 heterocycles. The van der Waals surface area contributed by atoms with Gasteiger partial charge in [-0.3, -0.25) is 4.79 Å². The van der Waals surface area contributed by atoms with Crippen LogP contribution in [0.4, 0.5) is 11.5 Å². The molecule has 0 spiro atoms. The molecule has 0 unspecified atom stereocenters. The summed E-state index contributed by atoms with van der Waals surface area (Å²) in [7, 11) is 0. The second-order valence-electron chi connectivity index (χ2n) is 5.98. The molecule has 26 heavy (non-hydrogen) atoms. The number of nitrogens with one attached hydrogen (secondary N) is 1. The number of thiophene rings is 1. The maximum Gasteiger partial charge on any atom is 0.348 e. The fourth-order valence-corrected chi connectivity index (χ4v) is 3.51. The predicted molar refractivity (Wildman–Crippen MR) is 101 cm³/mol. The van der Waals surface area contributed by atoms with Crippen LogP contribution in [0.5, 0.6) is 0 Å². The maximum absolute atomic E-state index is 12.3. The van der Waals surface area contributed by atoms with Gasteiger partial charge in [0, 0.05) is 11.3 Å². The molecule has 3 rings (SSSR count). The number of ether oxygens (including phenoxy) is 1. The number of anilines is 2. The molecule has 1 amide bonds. The van der Waals surface area contributed by atoms with Crippen LogP contribution in [-0.2, 0) is 4.74 Å². The first kappa shape index (κ1) is 17.8. The molecule has 0 aliphatic heterocycles. The molecule has 0 bridgehead atoms. The van der Waals surface area contributed by atoms with E-state index in [-0.39, 0.29) is 12.1 Å². The SMILES string of the molecule is Cc1c(C(=O)OC(C)C)sc2ncnc(Nc3ccc(C(N)=O)cc3)c12. The Kier molecular flexibility index (Phi) is 4.85. The van der Waals surface area contributed by atoms with E-state index in [0.717, 1.165) is 16.6 Å². The molecule has 0 atom stereocenters. The third-order valence-electron chi connectivity index (χ3n) is 3.69. The first-order valence-corrected chi connectivity index (χ1v) is 8.80. The molecule has 0 saturated carbocycles. The lowest BCUT2D eigenvalue weighted by atomic mass is 10.2. The Labute approximate surface area is 154 Å². The van der Waals surface area contributed by atoms with Gasteiger partial charge in [0.05, 0.1) is 11.5 Å². The highest BCUT2D eigenvalue weighted by Gasteiger charge is 2.21. The second-order valence-corrected chi connectivity index (χ2v) is 6.98. The van der Waals surface area contributed by atoms with E-state index in [4.69, 9.17) is 10.5 Å². The van der Waals surface area contributed by atoms with Crippen molar-refractivity contribution in [3.8, 4) is 0 Å². The molecule has 3 N–H and O–H groups in total. The molecule has 8 heteroatoms. The highest BCUT2D eigenvalue weighted by molar-refractivity contribution is 7.20. The molecule has 0 aliphatic carbocycles. The largest absolute Gasteiger partial charge is 0.459 e. The van der Waals surface area contributed by atoms with E-state index in [1.807, 2.05) is 20.8 Å². The lowest BCUT2D eigenvalue weighted by molar-refractivity contribution is 0.0383. The number of aromatic nitrogens is 2. The van der Waals surface area contributed by atoms with Gasteiger partial charge in [-0.2, -0.15) is 0 Å². The Morgan fingerprint density at radius 2 is 1.88 bits per heavy atom. The molecule has 0 radical (unpaired) electrons. The number of aryl methyl sites for hydroxylation is 1. The molecule has 7 nitrogen and oxygen atoms in total. The number of esters is 1. The van der Waals surface area contributed by atoms with Gasteiger partial charge in [-0.25, -0.2) is 14.8 Å². The van der Waals surface area contributed by atoms with E-state index < -0.39 is 5.91 Å². The van der Waals surface area contributed by atoms with Gasteiger partial charge in [0.1, 0.15) is 21.9 Å². The molecular weight excluding hydrogens is 352 g/mol. The summed E-state index contributed by atoms with van der Waals surface area (Å²) in [5.41, 5.74) is 7.19. The van der Waals surface area contributed by atoms with Gasteiger partial charge in [0.25, 0.3) is 0 Å². The van der Waals surface area contributed by atoms with Crippen LogP contribution in [-0.4, -0.2) is 27.9 Å². The zero-order valence-corrected chi connectivity index (χ0v) is 15.4. The Hall–Kier alpha value is -3.00. The summed E-state index contributed by atoms with van der Waals surface area (Å²) >= 11 is 1.28. The number of benzene rings is 1. The van der Waals surface area contributed by atoms with Crippen molar-refractivity contribution in [1.82, 2.24) is 9.97 Å². The van der Waals surface area contributed by atoms with E-state index in [9.17, 15) is 9.59 Å².